The van der Waals surface area contributed by atoms with Gasteiger partial charge in [0.15, 0.2) is 0 Å². The highest BCUT2D eigenvalue weighted by Crippen LogP contribution is 2.49. The summed E-state index contributed by atoms with van der Waals surface area (Å²) in [7, 11) is 0. The first-order chi connectivity index (χ1) is 32.2. The fraction of sp³-hybridized carbons (Fsp3) is 0. The van der Waals surface area contributed by atoms with Crippen molar-refractivity contribution < 1.29 is 43.8 Å². The summed E-state index contributed by atoms with van der Waals surface area (Å²) in [5, 5.41) is 5.97. The molecule has 1 aromatic heterocycles. The molecule has 0 unspecified atom stereocenters. The highest BCUT2D eigenvalue weighted by atomic mass is 16.3. The van der Waals surface area contributed by atoms with Crippen LogP contribution < -0.4 is 0 Å². The summed E-state index contributed by atoms with van der Waals surface area (Å²) < 4.78 is 230. The van der Waals surface area contributed by atoms with Gasteiger partial charge >= 0.3 is 0 Å². The normalized spacial score (nSPS) is 19.7. The molecule has 2 heteroatoms. The predicted octanol–water partition coefficient (Wildman–Crippen LogP) is 11.8. The van der Waals surface area contributed by atoms with Gasteiger partial charge in [-0.15, -0.1) is 0 Å². The minimum atomic E-state index is -1.28. The van der Waals surface area contributed by atoms with E-state index in [1.165, 1.54) is 0 Å². The number of fused-ring (bicyclic) bond motifs is 6. The standard InChI is InChI=1S/C42H26O2/c43-27-23-24-35(38(25-27)29-19-9-12-26-11-1-2-13-28(26)29)40-31-15-3-5-17-33(31)41(34-18-6-4-16-32(34)40)37-21-10-20-36-30-14-7-8-22-39(30)44-42(36)37/h1-25,43H/i1D,2D,3D,4D,5D,6D,7D,8D,9D,10D,11D,12D,13D,14D,15D,16D,17D,18D,19D,20D,21D,22D,23D,24D,25D. The van der Waals surface area contributed by atoms with Crippen molar-refractivity contribution in [3.63, 3.8) is 0 Å². The Hall–Kier alpha value is -5.86. The summed E-state index contributed by atoms with van der Waals surface area (Å²) in [6.45, 7) is 0. The number of rotatable bonds is 3. The van der Waals surface area contributed by atoms with E-state index in [0.29, 0.717) is 0 Å². The lowest BCUT2D eigenvalue weighted by Gasteiger charge is -2.20. The largest absolute Gasteiger partial charge is 0.508 e. The molecule has 0 atom stereocenters. The van der Waals surface area contributed by atoms with Crippen molar-refractivity contribution >= 4 is 54.3 Å². The third-order valence-electron chi connectivity index (χ3n) is 7.17. The SMILES string of the molecule is [2H]c1c([2H])c(-c2c3c([2H])c([2H])c([2H])c([2H])c3c(-c3c([2H])c([2H])c([2H])c4c3oc3c([2H])c([2H])c([2H])c([2H])c34)c3c([2H])c([2H])c([2H])c([2H])c23)c(-c2c([2H])c([2H])c([2H])c3c([2H])c([2H])c([2H])c([2H])c23)c([2H])c1O. The predicted molar refractivity (Wildman–Crippen MR) is 184 cm³/mol. The molecule has 0 radical (unpaired) electrons. The summed E-state index contributed by atoms with van der Waals surface area (Å²) in [6, 6.07) is -23.9. The molecular formula is C42H26O2. The van der Waals surface area contributed by atoms with E-state index in [0.717, 1.165) is 0 Å². The van der Waals surface area contributed by atoms with Crippen LogP contribution in [-0.2, 0) is 0 Å². The molecule has 2 nitrogen and oxygen atoms in total. The first-order valence-corrected chi connectivity index (χ1v) is 12.9. The molecule has 8 aromatic carbocycles. The lowest BCUT2D eigenvalue weighted by atomic mass is 9.83. The summed E-state index contributed by atoms with van der Waals surface area (Å²) >= 11 is 0. The van der Waals surface area contributed by atoms with Gasteiger partial charge in [0.05, 0.1) is 34.3 Å². The van der Waals surface area contributed by atoms with Crippen LogP contribution in [0.2, 0.25) is 0 Å². The number of hydrogen-bond donors (Lipinski definition) is 1. The van der Waals surface area contributed by atoms with Gasteiger partial charge in [-0.2, -0.15) is 0 Å². The number of benzene rings is 8. The van der Waals surface area contributed by atoms with E-state index < -0.39 is 244 Å². The molecule has 0 aliphatic carbocycles. The molecule has 0 amide bonds. The molecule has 9 rings (SSSR count). The van der Waals surface area contributed by atoms with E-state index >= 15 is 0 Å². The minimum absolute atomic E-state index is 0.438. The lowest BCUT2D eigenvalue weighted by Crippen LogP contribution is -1.93. The third kappa shape index (κ3) is 3.61. The molecule has 44 heavy (non-hydrogen) atoms. The first-order valence-electron chi connectivity index (χ1n) is 25.4. The van der Waals surface area contributed by atoms with Gasteiger partial charge in [0.2, 0.25) is 0 Å². The van der Waals surface area contributed by atoms with Gasteiger partial charge in [0, 0.05) is 21.9 Å². The number of para-hydroxylation sites is 2. The molecule has 206 valence electrons. The summed E-state index contributed by atoms with van der Waals surface area (Å²) in [5.74, 6) is -1.28. The van der Waals surface area contributed by atoms with Crippen molar-refractivity contribution in [2.24, 2.45) is 0 Å². The molecule has 0 fully saturated rings. The van der Waals surface area contributed by atoms with E-state index in [-0.39, 0.29) is 0 Å². The Morgan fingerprint density at radius 3 is 1.66 bits per heavy atom. The third-order valence-corrected chi connectivity index (χ3v) is 7.17. The van der Waals surface area contributed by atoms with Crippen LogP contribution in [-0.4, -0.2) is 5.11 Å². The van der Waals surface area contributed by atoms with E-state index in [2.05, 4.69) is 0 Å². The number of hydrogen-bond acceptors (Lipinski definition) is 2. The second-order valence-electron chi connectivity index (χ2n) is 9.48. The van der Waals surface area contributed by atoms with Gasteiger partial charge in [-0.05, 0) is 72.7 Å². The fourth-order valence-electron chi connectivity index (χ4n) is 5.40. The van der Waals surface area contributed by atoms with Crippen LogP contribution in [0.25, 0.3) is 87.6 Å². The molecule has 0 spiro atoms. The van der Waals surface area contributed by atoms with Crippen molar-refractivity contribution in [1.82, 2.24) is 0 Å². The molecule has 0 saturated heterocycles. The summed E-state index contributed by atoms with van der Waals surface area (Å²) in [6.07, 6.45) is 0. The average Bonchev–Trinajstić information content (AvgIpc) is 3.73. The van der Waals surface area contributed by atoms with E-state index in [9.17, 15) is 16.1 Å². The molecule has 1 heterocycles. The van der Waals surface area contributed by atoms with Gasteiger partial charge < -0.3 is 9.52 Å². The summed E-state index contributed by atoms with van der Waals surface area (Å²) in [5.41, 5.74) is -6.06. The monoisotopic (exact) mass is 587 g/mol. The Bertz CT molecular complexity index is 3880. The average molecular weight is 588 g/mol. The van der Waals surface area contributed by atoms with Crippen LogP contribution in [0.1, 0.15) is 34.3 Å². The Balaban J connectivity index is 1.69. The zero-order valence-electron chi connectivity index (χ0n) is 46.9. The van der Waals surface area contributed by atoms with Gasteiger partial charge in [-0.25, -0.2) is 0 Å². The zero-order valence-corrected chi connectivity index (χ0v) is 21.9. The van der Waals surface area contributed by atoms with Crippen LogP contribution in [0.5, 0.6) is 5.75 Å². The van der Waals surface area contributed by atoms with Crippen molar-refractivity contribution in [3.8, 4) is 39.1 Å². The van der Waals surface area contributed by atoms with Crippen molar-refractivity contribution in [3.05, 3.63) is 151 Å². The molecule has 0 saturated carbocycles. The zero-order chi connectivity index (χ0) is 51.0. The van der Waals surface area contributed by atoms with E-state index in [4.69, 9.17) is 27.7 Å². The lowest BCUT2D eigenvalue weighted by molar-refractivity contribution is 0.475. The topological polar surface area (TPSA) is 33.4 Å². The van der Waals surface area contributed by atoms with Crippen LogP contribution in [0.15, 0.2) is 155 Å². The van der Waals surface area contributed by atoms with Gasteiger partial charge in [0.25, 0.3) is 0 Å². The molecule has 9 aromatic rings. The van der Waals surface area contributed by atoms with Crippen LogP contribution in [0.3, 0.4) is 0 Å². The number of phenols is 1. The number of phenolic OH excluding ortho intramolecular Hbond substituents is 1. The maximum Gasteiger partial charge on any atom is 0.143 e. The number of aromatic hydroxyl groups is 1. The van der Waals surface area contributed by atoms with Crippen LogP contribution >= 0.6 is 0 Å². The molecular weight excluding hydrogens is 536 g/mol. The summed E-state index contributed by atoms with van der Waals surface area (Å²) in [4.78, 5) is 0. The maximum absolute atomic E-state index is 11.4. The van der Waals surface area contributed by atoms with E-state index in [1.807, 2.05) is 0 Å². The molecule has 1 N–H and O–H groups in total. The molecule has 0 bridgehead atoms. The fourth-order valence-corrected chi connectivity index (χ4v) is 5.40. The number of furan rings is 1. The second kappa shape index (κ2) is 9.58. The van der Waals surface area contributed by atoms with Gasteiger partial charge in [-0.3, -0.25) is 0 Å². The van der Waals surface area contributed by atoms with Crippen molar-refractivity contribution in [2.45, 2.75) is 0 Å². The Morgan fingerprint density at radius 2 is 0.932 bits per heavy atom. The van der Waals surface area contributed by atoms with Gasteiger partial charge in [-0.1, -0.05) is 133 Å². The van der Waals surface area contributed by atoms with Gasteiger partial charge in [0.1, 0.15) is 16.9 Å². The highest BCUT2D eigenvalue weighted by Gasteiger charge is 2.22. The maximum atomic E-state index is 11.4. The first kappa shape index (κ1) is 10.4. The Morgan fingerprint density at radius 1 is 0.409 bits per heavy atom. The Labute approximate surface area is 289 Å². The molecule has 0 aliphatic heterocycles. The minimum Gasteiger partial charge on any atom is -0.508 e. The van der Waals surface area contributed by atoms with E-state index in [1.54, 1.807) is 0 Å². The van der Waals surface area contributed by atoms with Crippen molar-refractivity contribution in [1.29, 1.82) is 0 Å². The highest BCUT2D eigenvalue weighted by molar-refractivity contribution is 6.25. The Kier molecular flexibility index (Phi) is 2.26. The smallest absolute Gasteiger partial charge is 0.143 e. The quantitative estimate of drug-likeness (QED) is 0.209. The second-order valence-corrected chi connectivity index (χ2v) is 9.48. The van der Waals surface area contributed by atoms with Crippen molar-refractivity contribution in [2.75, 3.05) is 0 Å². The van der Waals surface area contributed by atoms with Crippen LogP contribution in [0, 0.1) is 0 Å². The van der Waals surface area contributed by atoms with Crippen LogP contribution in [0.4, 0.5) is 0 Å². The molecule has 0 aliphatic rings.